The lowest BCUT2D eigenvalue weighted by Gasteiger charge is -2.36. The molecule has 1 aliphatic heterocycles. The predicted molar refractivity (Wildman–Crippen MR) is 260 cm³/mol. The molecule has 7 aromatic rings. The number of carbonyl (C=O) groups is 2. The average Bonchev–Trinajstić information content (AvgIpc) is 4.01. The maximum atomic E-state index is 15.3. The molecule has 1 saturated carbocycles. The van der Waals surface area contributed by atoms with Gasteiger partial charge in [-0.2, -0.15) is 19.6 Å². The van der Waals surface area contributed by atoms with Crippen LogP contribution in [0.3, 0.4) is 0 Å². The molecule has 1 saturated heterocycles. The SMILES string of the molecule is C=C(Cn1c(CNc2nc(N3CC(C)NC(C)C3)nc3c(Br)cnn23)nc2cc(C)ccc21)C(=O)N(C)CCOc1c(N)ncnc1-c1cc(F)cc(NC(=O)c2ccc(C3CC3)cc2F)c1C. The molecule has 20 heteroatoms. The van der Waals surface area contributed by atoms with Crippen molar-refractivity contribution in [3.05, 3.63) is 117 Å². The molecule has 1 aliphatic carbocycles. The van der Waals surface area contributed by atoms with Crippen molar-refractivity contribution >= 4 is 67.8 Å². The van der Waals surface area contributed by atoms with Gasteiger partial charge < -0.3 is 40.8 Å². The molecule has 68 heavy (non-hydrogen) atoms. The van der Waals surface area contributed by atoms with E-state index in [0.29, 0.717) is 40.4 Å². The molecule has 2 unspecified atom stereocenters. The van der Waals surface area contributed by atoms with Gasteiger partial charge in [-0.05, 0) is 115 Å². The molecule has 0 bridgehead atoms. The number of carbonyl (C=O) groups excluding carboxylic acids is 2. The number of benzene rings is 3. The number of piperazine rings is 1. The number of rotatable bonds is 15. The summed E-state index contributed by atoms with van der Waals surface area (Å²) in [6.45, 7) is 14.1. The summed E-state index contributed by atoms with van der Waals surface area (Å²) in [5, 5.41) is 14.2. The first-order chi connectivity index (χ1) is 32.6. The smallest absolute Gasteiger partial charge is 0.258 e. The quantitative estimate of drug-likeness (QED) is 0.0754. The number of nitrogens with zero attached hydrogens (tertiary/aromatic N) is 10. The van der Waals surface area contributed by atoms with E-state index in [1.54, 1.807) is 30.8 Å². The lowest BCUT2D eigenvalue weighted by molar-refractivity contribution is -0.126. The van der Waals surface area contributed by atoms with Crippen LogP contribution in [-0.4, -0.2) is 101 Å². The van der Waals surface area contributed by atoms with Gasteiger partial charge in [0.1, 0.15) is 36.1 Å². The molecule has 3 aromatic carbocycles. The van der Waals surface area contributed by atoms with Gasteiger partial charge in [0.15, 0.2) is 17.2 Å². The molecule has 5 N–H and O–H groups in total. The van der Waals surface area contributed by atoms with Crippen LogP contribution in [0.4, 0.5) is 32.2 Å². The monoisotopic (exact) mass is 988 g/mol. The predicted octanol–water partition coefficient (Wildman–Crippen LogP) is 7.19. The van der Waals surface area contributed by atoms with Gasteiger partial charge in [-0.15, -0.1) is 0 Å². The Hall–Kier alpha value is -7.06. The van der Waals surface area contributed by atoms with Crippen molar-refractivity contribution in [1.29, 1.82) is 0 Å². The Bertz CT molecular complexity index is 3110. The molecule has 2 aliphatic rings. The Morgan fingerprint density at radius 1 is 1.03 bits per heavy atom. The summed E-state index contributed by atoms with van der Waals surface area (Å²) in [6.07, 6.45) is 4.89. The van der Waals surface area contributed by atoms with Gasteiger partial charge in [0.2, 0.25) is 11.9 Å². The molecule has 9 rings (SSSR count). The van der Waals surface area contributed by atoms with E-state index in [9.17, 15) is 9.59 Å². The van der Waals surface area contributed by atoms with E-state index < -0.39 is 17.5 Å². The lowest BCUT2D eigenvalue weighted by atomic mass is 10.0. The number of hydrogen-bond acceptors (Lipinski definition) is 13. The molecule has 352 valence electrons. The minimum atomic E-state index is -0.724. The highest BCUT2D eigenvalue weighted by molar-refractivity contribution is 9.10. The van der Waals surface area contributed by atoms with Gasteiger partial charge in [-0.1, -0.05) is 18.7 Å². The Morgan fingerprint density at radius 2 is 1.81 bits per heavy atom. The molecule has 17 nitrogen and oxygen atoms in total. The third-order valence-electron chi connectivity index (χ3n) is 12.2. The van der Waals surface area contributed by atoms with E-state index in [1.807, 2.05) is 29.7 Å². The minimum absolute atomic E-state index is 0.0177. The van der Waals surface area contributed by atoms with Gasteiger partial charge in [-0.25, -0.2) is 23.7 Å². The van der Waals surface area contributed by atoms with Crippen LogP contribution in [0.5, 0.6) is 5.75 Å². The molecule has 2 fully saturated rings. The maximum absolute atomic E-state index is 15.3. The number of nitrogens with one attached hydrogen (secondary N) is 3. The van der Waals surface area contributed by atoms with Gasteiger partial charge >= 0.3 is 0 Å². The van der Waals surface area contributed by atoms with Crippen molar-refractivity contribution < 1.29 is 23.1 Å². The number of ether oxygens (including phenoxy) is 1. The van der Waals surface area contributed by atoms with Crippen LogP contribution in [0, 0.1) is 25.5 Å². The normalized spacial score (nSPS) is 16.0. The molecule has 2 atom stereocenters. The van der Waals surface area contributed by atoms with Gasteiger partial charge in [0.25, 0.3) is 11.8 Å². The van der Waals surface area contributed by atoms with Crippen LogP contribution >= 0.6 is 15.9 Å². The number of halogens is 3. The van der Waals surface area contributed by atoms with E-state index in [1.165, 1.54) is 29.4 Å². The highest BCUT2D eigenvalue weighted by Crippen LogP contribution is 2.41. The molecule has 0 spiro atoms. The number of fused-ring (bicyclic) bond motifs is 2. The molecule has 2 amide bonds. The topological polar surface area (TPSA) is 199 Å². The summed E-state index contributed by atoms with van der Waals surface area (Å²) in [4.78, 5) is 54.0. The number of amides is 2. The number of nitrogens with two attached hydrogens (primary N) is 1. The van der Waals surface area contributed by atoms with Gasteiger partial charge in [0.05, 0.1) is 46.9 Å². The van der Waals surface area contributed by atoms with E-state index in [4.69, 9.17) is 25.4 Å². The average molecular weight is 990 g/mol. The standard InChI is InChI=1S/C48H51BrF2N14O3/c1-25-7-12-39-38(15-25)58-40(20-53-47-61-48(60-44-35(49)19-56-65(44)47)63-22-27(3)57-28(4)23-63)64(39)21-26(2)46(67)62(6)13-14-68-42-41(54-24-55-43(42)52)34-17-32(50)18-37(29(34)5)59-45(66)33-11-10-31(16-36(33)51)30-8-9-30/h7,10-12,15-19,24,27-28,30,57H,2,8-9,13-14,20-23H2,1,3-6H3,(H,59,66)(H2,52,54,55)(H,53,60,61). The van der Waals surface area contributed by atoms with E-state index >= 15 is 8.78 Å². The Kier molecular flexibility index (Phi) is 12.8. The van der Waals surface area contributed by atoms with E-state index in [-0.39, 0.29) is 78.3 Å². The molecule has 0 radical (unpaired) electrons. The Morgan fingerprint density at radius 3 is 2.56 bits per heavy atom. The summed E-state index contributed by atoms with van der Waals surface area (Å²) < 4.78 is 40.7. The summed E-state index contributed by atoms with van der Waals surface area (Å²) in [5.74, 6) is -0.323. The first-order valence-electron chi connectivity index (χ1n) is 22.3. The van der Waals surface area contributed by atoms with Crippen LogP contribution in [0.2, 0.25) is 0 Å². The molecule has 4 aromatic heterocycles. The van der Waals surface area contributed by atoms with Crippen LogP contribution < -0.4 is 31.3 Å². The van der Waals surface area contributed by atoms with Crippen LogP contribution in [-0.2, 0) is 17.9 Å². The van der Waals surface area contributed by atoms with Crippen molar-refractivity contribution in [2.75, 3.05) is 54.6 Å². The second kappa shape index (κ2) is 18.9. The number of aryl methyl sites for hydroxylation is 1. The number of imidazole rings is 1. The zero-order valence-corrected chi connectivity index (χ0v) is 39.9. The first-order valence-corrected chi connectivity index (χ1v) is 23.1. The zero-order chi connectivity index (χ0) is 48.0. The summed E-state index contributed by atoms with van der Waals surface area (Å²) >= 11 is 3.60. The zero-order valence-electron chi connectivity index (χ0n) is 38.3. The van der Waals surface area contributed by atoms with E-state index in [0.717, 1.165) is 58.6 Å². The summed E-state index contributed by atoms with van der Waals surface area (Å²) in [7, 11) is 1.63. The van der Waals surface area contributed by atoms with Crippen molar-refractivity contribution in [2.24, 2.45) is 0 Å². The first kappa shape index (κ1) is 46.1. The van der Waals surface area contributed by atoms with Crippen LogP contribution in [0.1, 0.15) is 65.5 Å². The fraction of sp³-hybridized carbons (Fsp3) is 0.333. The number of likely N-dealkylation sites (N-methyl/N-ethyl adjacent to an activating group) is 1. The molecule has 5 heterocycles. The fourth-order valence-corrected chi connectivity index (χ4v) is 8.96. The van der Waals surface area contributed by atoms with E-state index in [2.05, 4.69) is 72.3 Å². The summed E-state index contributed by atoms with van der Waals surface area (Å²) in [5.41, 5.74) is 11.5. The maximum Gasteiger partial charge on any atom is 0.258 e. The third-order valence-corrected chi connectivity index (χ3v) is 12.8. The second-order valence-corrected chi connectivity index (χ2v) is 18.5. The van der Waals surface area contributed by atoms with Crippen molar-refractivity contribution in [2.45, 2.75) is 71.6 Å². The van der Waals surface area contributed by atoms with Gasteiger partial charge in [0, 0.05) is 49.0 Å². The van der Waals surface area contributed by atoms with Crippen molar-refractivity contribution in [3.63, 3.8) is 0 Å². The van der Waals surface area contributed by atoms with Gasteiger partial charge in [-0.3, -0.25) is 9.59 Å². The number of aromatic nitrogens is 8. The number of nitrogen functional groups attached to an aromatic ring is 1. The van der Waals surface area contributed by atoms with Crippen molar-refractivity contribution in [1.82, 2.24) is 49.3 Å². The highest BCUT2D eigenvalue weighted by Gasteiger charge is 2.28. The van der Waals surface area contributed by atoms with Crippen molar-refractivity contribution in [3.8, 4) is 17.0 Å². The number of hydrogen-bond donors (Lipinski definition) is 4. The largest absolute Gasteiger partial charge is 0.486 e. The fourth-order valence-electron chi connectivity index (χ4n) is 8.61. The number of anilines is 4. The van der Waals surface area contributed by atoms with Crippen LogP contribution in [0.25, 0.3) is 27.9 Å². The van der Waals surface area contributed by atoms with Crippen LogP contribution in [0.15, 0.2) is 77.7 Å². The molecular formula is C48H51BrF2N14O3. The second-order valence-electron chi connectivity index (χ2n) is 17.6. The lowest BCUT2D eigenvalue weighted by Crippen LogP contribution is -2.54. The summed E-state index contributed by atoms with van der Waals surface area (Å²) in [6, 6.07) is 13.4. The highest BCUT2D eigenvalue weighted by atomic mass is 79.9. The molecular weight excluding hydrogens is 939 g/mol. The Labute approximate surface area is 399 Å². The third kappa shape index (κ3) is 9.55. The minimum Gasteiger partial charge on any atom is -0.486 e. The Balaban J connectivity index is 0.886.